The first-order chi connectivity index (χ1) is 15.2. The van der Waals surface area contributed by atoms with E-state index in [1.54, 1.807) is 42.5 Å². The van der Waals surface area contributed by atoms with E-state index in [0.717, 1.165) is 5.56 Å². The van der Waals surface area contributed by atoms with Crippen LogP contribution in [0.3, 0.4) is 0 Å². The number of carbonyl (C=O) groups excluding carboxylic acids is 2. The van der Waals surface area contributed by atoms with Crippen molar-refractivity contribution in [2.75, 3.05) is 18.4 Å². The molecule has 9 heteroatoms. The molecule has 1 amide bonds. The van der Waals surface area contributed by atoms with Gasteiger partial charge in [0.1, 0.15) is 0 Å². The molecule has 0 radical (unpaired) electrons. The van der Waals surface area contributed by atoms with Crippen molar-refractivity contribution in [1.29, 1.82) is 5.26 Å². The smallest absolute Gasteiger partial charge is 0.309 e. The third-order valence-electron chi connectivity index (χ3n) is 5.37. The van der Waals surface area contributed by atoms with Gasteiger partial charge < -0.3 is 10.1 Å². The maximum absolute atomic E-state index is 12.8. The summed E-state index contributed by atoms with van der Waals surface area (Å²) in [6.45, 7) is 3.77. The number of amides is 1. The third kappa shape index (κ3) is 5.52. The van der Waals surface area contributed by atoms with E-state index < -0.39 is 33.9 Å². The minimum Gasteiger partial charge on any atom is -0.452 e. The number of anilines is 1. The molecule has 1 unspecified atom stereocenters. The van der Waals surface area contributed by atoms with Crippen molar-refractivity contribution in [3.8, 4) is 6.07 Å². The van der Waals surface area contributed by atoms with Crippen molar-refractivity contribution in [3.05, 3.63) is 59.7 Å². The average Bonchev–Trinajstić information content (AvgIpc) is 2.79. The molecule has 0 aliphatic carbocycles. The summed E-state index contributed by atoms with van der Waals surface area (Å²) in [6, 6.07) is 15.1. The number of aryl methyl sites for hydroxylation is 1. The van der Waals surface area contributed by atoms with Gasteiger partial charge in [0.25, 0.3) is 5.91 Å². The van der Waals surface area contributed by atoms with Gasteiger partial charge in [-0.25, -0.2) is 8.42 Å². The number of piperidine rings is 1. The Bertz CT molecular complexity index is 1130. The Morgan fingerprint density at radius 2 is 1.81 bits per heavy atom. The summed E-state index contributed by atoms with van der Waals surface area (Å²) < 4.78 is 32.3. The minimum atomic E-state index is -3.61. The Kier molecular flexibility index (Phi) is 7.28. The van der Waals surface area contributed by atoms with Crippen LogP contribution < -0.4 is 5.32 Å². The van der Waals surface area contributed by atoms with Crippen molar-refractivity contribution in [1.82, 2.24) is 4.31 Å². The Labute approximate surface area is 187 Å². The second kappa shape index (κ2) is 9.94. The van der Waals surface area contributed by atoms with Crippen molar-refractivity contribution >= 4 is 27.6 Å². The monoisotopic (exact) mass is 455 g/mol. The maximum Gasteiger partial charge on any atom is 0.309 e. The predicted octanol–water partition coefficient (Wildman–Crippen LogP) is 2.84. The SMILES string of the molecule is Cc1ccc(S(=O)(=O)N2CCC(C(=O)OC(C)C(=O)Nc3cccc(C#N)c3)CC2)cc1. The summed E-state index contributed by atoms with van der Waals surface area (Å²) in [4.78, 5) is 25.1. The summed E-state index contributed by atoms with van der Waals surface area (Å²) in [7, 11) is -3.61. The van der Waals surface area contributed by atoms with Crippen LogP contribution in [0.2, 0.25) is 0 Å². The van der Waals surface area contributed by atoms with Gasteiger partial charge in [-0.15, -0.1) is 0 Å². The van der Waals surface area contributed by atoms with E-state index in [-0.39, 0.29) is 18.0 Å². The molecule has 8 nitrogen and oxygen atoms in total. The number of benzene rings is 2. The summed E-state index contributed by atoms with van der Waals surface area (Å²) in [5.74, 6) is -1.50. The van der Waals surface area contributed by atoms with Gasteiger partial charge in [-0.2, -0.15) is 9.57 Å². The van der Waals surface area contributed by atoms with Crippen molar-refractivity contribution in [2.24, 2.45) is 5.92 Å². The lowest BCUT2D eigenvalue weighted by Crippen LogP contribution is -2.41. The second-order valence-corrected chi connectivity index (χ2v) is 9.69. The highest BCUT2D eigenvalue weighted by atomic mass is 32.2. The summed E-state index contributed by atoms with van der Waals surface area (Å²) in [5, 5.41) is 11.6. The lowest BCUT2D eigenvalue weighted by Gasteiger charge is -2.30. The molecule has 2 aromatic rings. The van der Waals surface area contributed by atoms with E-state index in [1.807, 2.05) is 13.0 Å². The standard InChI is InChI=1S/C23H25N3O5S/c1-16-6-8-21(9-7-16)32(29,30)26-12-10-19(11-13-26)23(28)31-17(2)22(27)25-20-5-3-4-18(14-20)15-24/h3-9,14,17,19H,10-13H2,1-2H3,(H,25,27). The third-order valence-corrected chi connectivity index (χ3v) is 7.28. The Morgan fingerprint density at radius 1 is 1.16 bits per heavy atom. The molecule has 0 saturated carbocycles. The number of hydrogen-bond donors (Lipinski definition) is 1. The van der Waals surface area contributed by atoms with Crippen LogP contribution in [0.4, 0.5) is 5.69 Å². The summed E-state index contributed by atoms with van der Waals surface area (Å²) >= 11 is 0. The van der Waals surface area contributed by atoms with Crippen LogP contribution in [0.15, 0.2) is 53.4 Å². The minimum absolute atomic E-state index is 0.206. The molecule has 2 aromatic carbocycles. The lowest BCUT2D eigenvalue weighted by atomic mass is 9.98. The molecule has 1 N–H and O–H groups in total. The number of nitrogens with zero attached hydrogens (tertiary/aromatic N) is 2. The van der Waals surface area contributed by atoms with Crippen LogP contribution in [0.25, 0.3) is 0 Å². The van der Waals surface area contributed by atoms with E-state index in [4.69, 9.17) is 10.00 Å². The van der Waals surface area contributed by atoms with Crippen molar-refractivity contribution in [2.45, 2.75) is 37.7 Å². The molecule has 3 rings (SSSR count). The van der Waals surface area contributed by atoms with E-state index >= 15 is 0 Å². The molecule has 0 spiro atoms. The van der Waals surface area contributed by atoms with Gasteiger partial charge in [0.2, 0.25) is 10.0 Å². The van der Waals surface area contributed by atoms with Crippen LogP contribution in [0.5, 0.6) is 0 Å². The number of hydrogen-bond acceptors (Lipinski definition) is 6. The molecule has 1 heterocycles. The molecule has 1 saturated heterocycles. The van der Waals surface area contributed by atoms with Gasteiger partial charge in [-0.3, -0.25) is 9.59 Å². The fourth-order valence-corrected chi connectivity index (χ4v) is 4.90. The van der Waals surface area contributed by atoms with E-state index in [9.17, 15) is 18.0 Å². The van der Waals surface area contributed by atoms with Crippen LogP contribution in [-0.4, -0.2) is 43.8 Å². The zero-order valence-corrected chi connectivity index (χ0v) is 18.8. The average molecular weight is 456 g/mol. The highest BCUT2D eigenvalue weighted by molar-refractivity contribution is 7.89. The number of nitriles is 1. The number of ether oxygens (including phenoxy) is 1. The maximum atomic E-state index is 12.8. The fourth-order valence-electron chi connectivity index (χ4n) is 3.43. The molecule has 1 aliphatic rings. The van der Waals surface area contributed by atoms with Crippen molar-refractivity contribution < 1.29 is 22.7 Å². The Balaban J connectivity index is 1.53. The van der Waals surface area contributed by atoms with Crippen LogP contribution >= 0.6 is 0 Å². The van der Waals surface area contributed by atoms with Crippen molar-refractivity contribution in [3.63, 3.8) is 0 Å². The van der Waals surface area contributed by atoms with Gasteiger partial charge in [0.05, 0.1) is 22.4 Å². The predicted molar refractivity (Wildman–Crippen MR) is 118 cm³/mol. The van der Waals surface area contributed by atoms with E-state index in [2.05, 4.69) is 5.32 Å². The molecular weight excluding hydrogens is 430 g/mol. The van der Waals surface area contributed by atoms with Crippen LogP contribution in [-0.2, 0) is 24.3 Å². The van der Waals surface area contributed by atoms with Gasteiger partial charge >= 0.3 is 5.97 Å². The molecule has 0 bridgehead atoms. The molecule has 168 valence electrons. The quantitative estimate of drug-likeness (QED) is 0.670. The zero-order chi connectivity index (χ0) is 23.3. The zero-order valence-electron chi connectivity index (χ0n) is 17.9. The lowest BCUT2D eigenvalue weighted by molar-refractivity contribution is -0.158. The number of nitrogens with one attached hydrogen (secondary N) is 1. The molecule has 32 heavy (non-hydrogen) atoms. The molecule has 0 aromatic heterocycles. The number of esters is 1. The van der Waals surface area contributed by atoms with E-state index in [0.29, 0.717) is 24.1 Å². The highest BCUT2D eigenvalue weighted by Gasteiger charge is 2.34. The topological polar surface area (TPSA) is 117 Å². The van der Waals surface area contributed by atoms with Gasteiger partial charge in [-0.1, -0.05) is 23.8 Å². The molecule has 1 atom stereocenters. The van der Waals surface area contributed by atoms with Crippen LogP contribution in [0, 0.1) is 24.2 Å². The highest BCUT2D eigenvalue weighted by Crippen LogP contribution is 2.25. The first-order valence-corrected chi connectivity index (χ1v) is 11.7. The number of sulfonamides is 1. The Hall–Kier alpha value is -3.22. The summed E-state index contributed by atoms with van der Waals surface area (Å²) in [6.07, 6.45) is -0.382. The van der Waals surface area contributed by atoms with Gasteiger partial charge in [0.15, 0.2) is 6.10 Å². The van der Waals surface area contributed by atoms with E-state index in [1.165, 1.54) is 17.3 Å². The first kappa shape index (κ1) is 23.4. The van der Waals surface area contributed by atoms with Crippen LogP contribution in [0.1, 0.15) is 30.9 Å². The number of rotatable bonds is 6. The Morgan fingerprint density at radius 3 is 2.44 bits per heavy atom. The second-order valence-electron chi connectivity index (χ2n) is 7.75. The number of carbonyl (C=O) groups is 2. The molecule has 1 aliphatic heterocycles. The largest absolute Gasteiger partial charge is 0.452 e. The normalized spacial score (nSPS) is 16.0. The van der Waals surface area contributed by atoms with Gasteiger partial charge in [0, 0.05) is 18.8 Å². The molecular formula is C23H25N3O5S. The summed E-state index contributed by atoms with van der Waals surface area (Å²) in [5.41, 5.74) is 1.81. The van der Waals surface area contributed by atoms with Gasteiger partial charge in [-0.05, 0) is 57.0 Å². The molecule has 1 fully saturated rings. The first-order valence-electron chi connectivity index (χ1n) is 10.3. The fraction of sp³-hybridized carbons (Fsp3) is 0.348.